The average molecular weight is 409 g/mol. The van der Waals surface area contributed by atoms with Crippen molar-refractivity contribution in [3.05, 3.63) is 22.4 Å². The fourth-order valence-corrected chi connectivity index (χ4v) is 2.58. The summed E-state index contributed by atoms with van der Waals surface area (Å²) < 4.78 is 0. The van der Waals surface area contributed by atoms with E-state index in [1.807, 2.05) is 30.7 Å². The molecule has 1 aromatic rings. The van der Waals surface area contributed by atoms with Crippen LogP contribution in [0.25, 0.3) is 0 Å². The zero-order chi connectivity index (χ0) is 13.7. The van der Waals surface area contributed by atoms with Gasteiger partial charge in [0.05, 0.1) is 6.54 Å². The van der Waals surface area contributed by atoms with Crippen molar-refractivity contribution in [3.8, 4) is 0 Å². The molecule has 1 heterocycles. The third-order valence-corrected chi connectivity index (χ3v) is 3.97. The van der Waals surface area contributed by atoms with Gasteiger partial charge in [0.15, 0.2) is 5.96 Å². The number of halogens is 1. The fraction of sp³-hybridized carbons (Fsp3) is 0.643. The monoisotopic (exact) mass is 409 g/mol. The number of hydrogen-bond donors (Lipinski definition) is 3. The standard InChI is InChI=1S/C14H23N3OS.HI/c1-3-15-13(16-8-11-4-5-11)17-10-14(2,18)12-6-7-19-9-12;/h6-7,9,11,18H,3-5,8,10H2,1-2H3,(H2,15,16,17);1H. The molecule has 1 fully saturated rings. The zero-order valence-corrected chi connectivity index (χ0v) is 15.2. The molecule has 6 heteroatoms. The van der Waals surface area contributed by atoms with Gasteiger partial charge in [-0.25, -0.2) is 4.99 Å². The Balaban J connectivity index is 0.00000200. The van der Waals surface area contributed by atoms with Crippen molar-refractivity contribution >= 4 is 41.3 Å². The van der Waals surface area contributed by atoms with Gasteiger partial charge in [-0.1, -0.05) is 0 Å². The number of aliphatic imine (C=N–C) groups is 1. The minimum Gasteiger partial charge on any atom is -0.383 e. The molecule has 4 nitrogen and oxygen atoms in total. The van der Waals surface area contributed by atoms with Gasteiger partial charge >= 0.3 is 0 Å². The largest absolute Gasteiger partial charge is 0.383 e. The summed E-state index contributed by atoms with van der Waals surface area (Å²) in [4.78, 5) is 4.49. The Morgan fingerprint density at radius 2 is 2.25 bits per heavy atom. The third-order valence-electron chi connectivity index (χ3n) is 3.29. The first kappa shape index (κ1) is 17.7. The molecular weight excluding hydrogens is 385 g/mol. The van der Waals surface area contributed by atoms with Crippen molar-refractivity contribution in [2.75, 3.05) is 19.6 Å². The van der Waals surface area contributed by atoms with Gasteiger partial charge in [0, 0.05) is 13.1 Å². The highest BCUT2D eigenvalue weighted by molar-refractivity contribution is 14.0. The summed E-state index contributed by atoms with van der Waals surface area (Å²) in [7, 11) is 0. The Kier molecular flexibility index (Phi) is 7.25. The van der Waals surface area contributed by atoms with E-state index in [4.69, 9.17) is 0 Å². The number of guanidine groups is 1. The second-order valence-corrected chi connectivity index (χ2v) is 6.09. The summed E-state index contributed by atoms with van der Waals surface area (Å²) in [6.07, 6.45) is 2.64. The molecule has 2 rings (SSSR count). The van der Waals surface area contributed by atoms with Crippen LogP contribution in [0.5, 0.6) is 0 Å². The van der Waals surface area contributed by atoms with Crippen molar-refractivity contribution in [2.24, 2.45) is 10.9 Å². The molecular formula is C14H24IN3OS. The van der Waals surface area contributed by atoms with E-state index < -0.39 is 5.60 Å². The van der Waals surface area contributed by atoms with Crippen LogP contribution in [0.15, 0.2) is 21.8 Å². The van der Waals surface area contributed by atoms with Gasteiger partial charge in [0.2, 0.25) is 0 Å². The quantitative estimate of drug-likeness (QED) is 0.385. The normalized spacial score (nSPS) is 18.1. The first-order valence-corrected chi connectivity index (χ1v) is 7.83. The van der Waals surface area contributed by atoms with E-state index in [1.165, 1.54) is 12.8 Å². The predicted octanol–water partition coefficient (Wildman–Crippen LogP) is 2.54. The Bertz CT molecular complexity index is 416. The molecule has 1 atom stereocenters. The van der Waals surface area contributed by atoms with Crippen molar-refractivity contribution in [1.82, 2.24) is 10.6 Å². The molecule has 0 bridgehead atoms. The summed E-state index contributed by atoms with van der Waals surface area (Å²) in [6.45, 7) is 6.03. The molecule has 1 aliphatic rings. The van der Waals surface area contributed by atoms with Crippen LogP contribution in [-0.4, -0.2) is 30.7 Å². The molecule has 0 radical (unpaired) electrons. The topological polar surface area (TPSA) is 56.7 Å². The second kappa shape index (κ2) is 8.19. The van der Waals surface area contributed by atoms with Crippen LogP contribution in [0.3, 0.4) is 0 Å². The minimum atomic E-state index is -0.901. The fourth-order valence-electron chi connectivity index (χ4n) is 1.80. The summed E-state index contributed by atoms with van der Waals surface area (Å²) in [6, 6.07) is 1.95. The van der Waals surface area contributed by atoms with Crippen LogP contribution in [0.4, 0.5) is 0 Å². The first-order chi connectivity index (χ1) is 9.12. The highest BCUT2D eigenvalue weighted by atomic mass is 127. The lowest BCUT2D eigenvalue weighted by Gasteiger charge is -2.21. The molecule has 3 N–H and O–H groups in total. The van der Waals surface area contributed by atoms with Crippen LogP contribution >= 0.6 is 35.3 Å². The van der Waals surface area contributed by atoms with Gasteiger partial charge in [-0.15, -0.1) is 24.0 Å². The van der Waals surface area contributed by atoms with Crippen molar-refractivity contribution in [1.29, 1.82) is 0 Å². The lowest BCUT2D eigenvalue weighted by atomic mass is 10.00. The molecule has 114 valence electrons. The van der Waals surface area contributed by atoms with Gasteiger partial charge in [-0.2, -0.15) is 11.3 Å². The Morgan fingerprint density at radius 1 is 1.50 bits per heavy atom. The van der Waals surface area contributed by atoms with E-state index in [0.717, 1.165) is 30.5 Å². The van der Waals surface area contributed by atoms with E-state index in [2.05, 4.69) is 15.6 Å². The summed E-state index contributed by atoms with van der Waals surface area (Å²) in [5.74, 6) is 1.60. The number of aliphatic hydroxyl groups is 1. The molecule has 0 saturated heterocycles. The predicted molar refractivity (Wildman–Crippen MR) is 96.0 cm³/mol. The number of rotatable bonds is 6. The smallest absolute Gasteiger partial charge is 0.191 e. The lowest BCUT2D eigenvalue weighted by molar-refractivity contribution is 0.0677. The van der Waals surface area contributed by atoms with E-state index in [0.29, 0.717) is 6.54 Å². The Labute approximate surface area is 142 Å². The number of thiophene rings is 1. The molecule has 0 aromatic carbocycles. The highest BCUT2D eigenvalue weighted by Gasteiger charge is 2.24. The van der Waals surface area contributed by atoms with Gasteiger partial charge in [0.25, 0.3) is 0 Å². The summed E-state index contributed by atoms with van der Waals surface area (Å²) >= 11 is 1.59. The van der Waals surface area contributed by atoms with Crippen molar-refractivity contribution in [3.63, 3.8) is 0 Å². The maximum Gasteiger partial charge on any atom is 0.191 e. The number of nitrogens with one attached hydrogen (secondary N) is 2. The average Bonchev–Trinajstić information content (AvgIpc) is 3.03. The van der Waals surface area contributed by atoms with Crippen LogP contribution in [0, 0.1) is 5.92 Å². The Hall–Kier alpha value is -0.340. The maximum atomic E-state index is 10.4. The molecule has 1 aromatic heterocycles. The highest BCUT2D eigenvalue weighted by Crippen LogP contribution is 2.27. The molecule has 20 heavy (non-hydrogen) atoms. The van der Waals surface area contributed by atoms with Crippen LogP contribution in [-0.2, 0) is 5.60 Å². The molecule has 1 aliphatic carbocycles. The maximum absolute atomic E-state index is 10.4. The van der Waals surface area contributed by atoms with Gasteiger partial charge < -0.3 is 15.7 Å². The van der Waals surface area contributed by atoms with Gasteiger partial charge in [0.1, 0.15) is 5.60 Å². The summed E-state index contributed by atoms with van der Waals surface area (Å²) in [5.41, 5.74) is 0.0290. The SMILES string of the molecule is CCNC(=NCC(C)(O)c1ccsc1)NCC1CC1.I. The molecule has 1 unspecified atom stereocenters. The Morgan fingerprint density at radius 3 is 2.80 bits per heavy atom. The lowest BCUT2D eigenvalue weighted by Crippen LogP contribution is -2.39. The van der Waals surface area contributed by atoms with Crippen LogP contribution in [0.1, 0.15) is 32.3 Å². The number of nitrogens with zero attached hydrogens (tertiary/aromatic N) is 1. The van der Waals surface area contributed by atoms with Gasteiger partial charge in [-0.05, 0) is 55.0 Å². The first-order valence-electron chi connectivity index (χ1n) is 6.89. The van der Waals surface area contributed by atoms with Crippen molar-refractivity contribution < 1.29 is 5.11 Å². The second-order valence-electron chi connectivity index (χ2n) is 5.31. The van der Waals surface area contributed by atoms with Crippen molar-refractivity contribution in [2.45, 2.75) is 32.3 Å². The summed E-state index contributed by atoms with van der Waals surface area (Å²) in [5, 5.41) is 20.9. The molecule has 0 aliphatic heterocycles. The minimum absolute atomic E-state index is 0. The third kappa shape index (κ3) is 5.57. The molecule has 0 spiro atoms. The van der Waals surface area contributed by atoms with Crippen LogP contribution < -0.4 is 10.6 Å². The van der Waals surface area contributed by atoms with Gasteiger partial charge in [-0.3, -0.25) is 0 Å². The van der Waals surface area contributed by atoms with E-state index in [1.54, 1.807) is 11.3 Å². The van der Waals surface area contributed by atoms with E-state index in [-0.39, 0.29) is 24.0 Å². The van der Waals surface area contributed by atoms with E-state index >= 15 is 0 Å². The zero-order valence-electron chi connectivity index (χ0n) is 12.1. The van der Waals surface area contributed by atoms with Crippen LogP contribution in [0.2, 0.25) is 0 Å². The molecule has 0 amide bonds. The molecule has 1 saturated carbocycles. The number of hydrogen-bond acceptors (Lipinski definition) is 3. The van der Waals surface area contributed by atoms with E-state index in [9.17, 15) is 5.11 Å².